The highest BCUT2D eigenvalue weighted by atomic mass is 32.1. The molecule has 1 atom stereocenters. The second-order valence-corrected chi connectivity index (χ2v) is 3.04. The van der Waals surface area contributed by atoms with Gasteiger partial charge in [-0.2, -0.15) is 5.11 Å². The first kappa shape index (κ1) is 11.6. The van der Waals surface area contributed by atoms with Gasteiger partial charge in [0.05, 0.1) is 11.7 Å². The third-order valence-corrected chi connectivity index (χ3v) is 1.96. The number of azo groups is 1. The minimum Gasteiger partial charge on any atom is -0.478 e. The van der Waals surface area contributed by atoms with Crippen LogP contribution in [-0.2, 0) is 4.79 Å². The van der Waals surface area contributed by atoms with E-state index in [1.54, 1.807) is 0 Å². The van der Waals surface area contributed by atoms with Crippen molar-refractivity contribution in [3.8, 4) is 0 Å². The van der Waals surface area contributed by atoms with Gasteiger partial charge in [0, 0.05) is 12.7 Å². The molecule has 0 saturated heterocycles. The summed E-state index contributed by atoms with van der Waals surface area (Å²) in [6, 6.07) is 0. The average Bonchev–Trinajstić information content (AvgIpc) is 2.67. The molecule has 0 saturated carbocycles. The number of rotatable bonds is 6. The van der Waals surface area contributed by atoms with Gasteiger partial charge < -0.3 is 5.11 Å². The number of carboxylic acids is 1. The van der Waals surface area contributed by atoms with Crippen molar-refractivity contribution in [1.82, 2.24) is 5.32 Å². The normalized spacial score (nSPS) is 22.7. The van der Waals surface area contributed by atoms with Crippen LogP contribution in [0.15, 0.2) is 27.5 Å². The molecule has 80 valence electrons. The maximum atomic E-state index is 10.9. The number of nitrogens with zero attached hydrogens (tertiary/aromatic N) is 3. The molecule has 0 aromatic rings. The van der Waals surface area contributed by atoms with Crippen LogP contribution in [0, 0.1) is 0 Å². The Labute approximate surface area is 91.8 Å². The van der Waals surface area contributed by atoms with Crippen LogP contribution in [0.2, 0.25) is 0 Å². The molecule has 0 aliphatic carbocycles. The minimum atomic E-state index is -1.40. The van der Waals surface area contributed by atoms with E-state index < -0.39 is 11.6 Å². The molecule has 0 fully saturated rings. The molecule has 1 rings (SSSR count). The van der Waals surface area contributed by atoms with Gasteiger partial charge in [-0.25, -0.2) is 9.79 Å². The molecular weight excluding hydrogens is 216 g/mol. The molecule has 2 N–H and O–H groups in total. The molecule has 7 heteroatoms. The first-order valence-corrected chi connectivity index (χ1v) is 4.74. The van der Waals surface area contributed by atoms with E-state index in [2.05, 4.69) is 37.9 Å². The predicted octanol–water partition coefficient (Wildman–Crippen LogP) is 0.829. The fraction of sp³-hybridized carbons (Fsp3) is 0.500. The zero-order valence-electron chi connectivity index (χ0n) is 7.88. The summed E-state index contributed by atoms with van der Waals surface area (Å²) in [5.74, 6) is -1.07. The van der Waals surface area contributed by atoms with Crippen LogP contribution < -0.4 is 5.32 Å². The molecule has 0 aromatic heterocycles. The molecule has 0 aromatic carbocycles. The lowest BCUT2D eigenvalue weighted by Crippen LogP contribution is -2.48. The number of aliphatic imine (C=N–C) groups is 1. The molecule has 0 amide bonds. The highest BCUT2D eigenvalue weighted by molar-refractivity contribution is 7.78. The largest absolute Gasteiger partial charge is 0.478 e. The molecule has 1 unspecified atom stereocenters. The maximum Gasteiger partial charge on any atom is 0.352 e. The molecule has 15 heavy (non-hydrogen) atoms. The lowest BCUT2D eigenvalue weighted by Gasteiger charge is -2.18. The van der Waals surface area contributed by atoms with Gasteiger partial charge in [0.1, 0.15) is 0 Å². The summed E-state index contributed by atoms with van der Waals surface area (Å²) in [6.07, 6.45) is 3.43. The van der Waals surface area contributed by atoms with Crippen molar-refractivity contribution in [2.45, 2.75) is 12.1 Å². The summed E-state index contributed by atoms with van der Waals surface area (Å²) in [6.45, 7) is 0.989. The van der Waals surface area contributed by atoms with Crippen LogP contribution in [0.25, 0.3) is 0 Å². The van der Waals surface area contributed by atoms with E-state index in [1.807, 2.05) is 0 Å². The smallest absolute Gasteiger partial charge is 0.352 e. The molecule has 1 heterocycles. The maximum absolute atomic E-state index is 10.9. The number of carboxylic acid groups (broad SMARTS) is 1. The van der Waals surface area contributed by atoms with Crippen molar-refractivity contribution in [3.05, 3.63) is 12.3 Å². The lowest BCUT2D eigenvalue weighted by atomic mass is 10.2. The van der Waals surface area contributed by atoms with Gasteiger partial charge >= 0.3 is 5.97 Å². The Balaban J connectivity index is 2.41. The van der Waals surface area contributed by atoms with Crippen molar-refractivity contribution in [2.75, 3.05) is 13.1 Å². The number of carbonyl (C=O) groups is 1. The van der Waals surface area contributed by atoms with Crippen molar-refractivity contribution >= 4 is 23.3 Å². The van der Waals surface area contributed by atoms with Gasteiger partial charge in [-0.3, -0.25) is 5.32 Å². The topological polar surface area (TPSA) is 86.4 Å². The zero-order valence-corrected chi connectivity index (χ0v) is 8.70. The fourth-order valence-electron chi connectivity index (χ4n) is 1.07. The third-order valence-electron chi connectivity index (χ3n) is 1.83. The van der Waals surface area contributed by atoms with Crippen LogP contribution in [0.5, 0.6) is 0 Å². The Kier molecular flexibility index (Phi) is 4.23. The van der Waals surface area contributed by atoms with Gasteiger partial charge in [0.25, 0.3) is 0 Å². The van der Waals surface area contributed by atoms with E-state index in [0.29, 0.717) is 19.5 Å². The summed E-state index contributed by atoms with van der Waals surface area (Å²) in [5, 5.41) is 21.1. The Hall–Kier alpha value is -1.43. The second-order valence-electron chi connectivity index (χ2n) is 2.86. The average molecular weight is 226 g/mol. The van der Waals surface area contributed by atoms with Crippen LogP contribution >= 0.6 is 12.2 Å². The summed E-state index contributed by atoms with van der Waals surface area (Å²) in [7, 11) is 0. The van der Waals surface area contributed by atoms with Gasteiger partial charge in [-0.15, -0.1) is 5.11 Å². The highest BCUT2D eigenvalue weighted by Crippen LogP contribution is 2.16. The predicted molar refractivity (Wildman–Crippen MR) is 56.9 cm³/mol. The van der Waals surface area contributed by atoms with Crippen LogP contribution in [0.1, 0.15) is 6.42 Å². The number of hydrogen-bond acceptors (Lipinski definition) is 6. The van der Waals surface area contributed by atoms with E-state index in [1.165, 1.54) is 12.3 Å². The van der Waals surface area contributed by atoms with Crippen molar-refractivity contribution < 1.29 is 9.90 Å². The molecule has 0 spiro atoms. The number of aliphatic carboxylic acids is 1. The molecule has 0 bridgehead atoms. The Bertz CT molecular complexity index is 335. The summed E-state index contributed by atoms with van der Waals surface area (Å²) < 4.78 is 0. The van der Waals surface area contributed by atoms with E-state index in [-0.39, 0.29) is 0 Å². The van der Waals surface area contributed by atoms with Crippen molar-refractivity contribution in [2.24, 2.45) is 15.2 Å². The van der Waals surface area contributed by atoms with Crippen LogP contribution in [0.3, 0.4) is 0 Å². The standard InChI is InChI=1S/C8H10N4O2S/c13-7(14)8(2-5-11-12-8)10-4-1-3-9-6-15/h2,5,10H,1,3-4H2,(H,13,14). The zero-order chi connectivity index (χ0) is 11.1. The molecule has 6 nitrogen and oxygen atoms in total. The number of thiocarbonyl (C=S) groups is 1. The molecule has 1 aliphatic rings. The summed E-state index contributed by atoms with van der Waals surface area (Å²) >= 11 is 4.40. The second kappa shape index (κ2) is 5.45. The first-order valence-electron chi connectivity index (χ1n) is 4.33. The monoisotopic (exact) mass is 226 g/mol. The fourth-order valence-corrected chi connectivity index (χ4v) is 1.16. The highest BCUT2D eigenvalue weighted by Gasteiger charge is 2.37. The molecule has 1 aliphatic heterocycles. The number of isothiocyanates is 1. The van der Waals surface area contributed by atoms with Crippen molar-refractivity contribution in [1.29, 1.82) is 0 Å². The van der Waals surface area contributed by atoms with E-state index in [4.69, 9.17) is 5.11 Å². The van der Waals surface area contributed by atoms with E-state index in [0.717, 1.165) is 0 Å². The van der Waals surface area contributed by atoms with Crippen LogP contribution in [-0.4, -0.2) is 35.0 Å². The van der Waals surface area contributed by atoms with Gasteiger partial charge in [0.2, 0.25) is 5.66 Å². The van der Waals surface area contributed by atoms with Gasteiger partial charge in [0.15, 0.2) is 0 Å². The Morgan fingerprint density at radius 1 is 1.73 bits per heavy atom. The van der Waals surface area contributed by atoms with E-state index >= 15 is 0 Å². The first-order chi connectivity index (χ1) is 7.21. The molecule has 0 radical (unpaired) electrons. The van der Waals surface area contributed by atoms with Gasteiger partial charge in [-0.05, 0) is 24.7 Å². The van der Waals surface area contributed by atoms with E-state index in [9.17, 15) is 4.79 Å². The number of hydrogen-bond donors (Lipinski definition) is 2. The number of nitrogens with one attached hydrogen (secondary N) is 1. The Morgan fingerprint density at radius 3 is 3.07 bits per heavy atom. The SMILES string of the molecule is O=C(O)C1(NCCCN=C=S)C=CN=N1. The molecular formula is C8H10N4O2S. The lowest BCUT2D eigenvalue weighted by molar-refractivity contribution is -0.142. The minimum absolute atomic E-state index is 0.468. The summed E-state index contributed by atoms with van der Waals surface area (Å²) in [4.78, 5) is 14.6. The summed E-state index contributed by atoms with van der Waals surface area (Å²) in [5.41, 5.74) is -1.40. The third kappa shape index (κ3) is 3.02. The van der Waals surface area contributed by atoms with Crippen molar-refractivity contribution in [3.63, 3.8) is 0 Å². The van der Waals surface area contributed by atoms with Gasteiger partial charge in [-0.1, -0.05) is 0 Å². The quantitative estimate of drug-likeness (QED) is 0.399. The van der Waals surface area contributed by atoms with Crippen LogP contribution in [0.4, 0.5) is 0 Å². The Morgan fingerprint density at radius 2 is 2.53 bits per heavy atom.